The van der Waals surface area contributed by atoms with Crippen molar-refractivity contribution in [1.82, 2.24) is 9.47 Å². The van der Waals surface area contributed by atoms with E-state index in [-0.39, 0.29) is 17.8 Å². The zero-order chi connectivity index (χ0) is 16.6. The third-order valence-corrected chi connectivity index (χ3v) is 5.52. The molecule has 1 fully saturated rings. The van der Waals surface area contributed by atoms with Crippen molar-refractivity contribution >= 4 is 45.0 Å². The molecule has 1 aliphatic rings. The molecule has 3 rings (SSSR count). The Kier molecular flexibility index (Phi) is 4.64. The maximum absolute atomic E-state index is 12.7. The van der Waals surface area contributed by atoms with Crippen LogP contribution in [0.3, 0.4) is 0 Å². The van der Waals surface area contributed by atoms with Crippen LogP contribution >= 0.6 is 22.9 Å². The highest BCUT2D eigenvalue weighted by atomic mass is 35.5. The summed E-state index contributed by atoms with van der Waals surface area (Å²) < 4.78 is 8.69. The second-order valence-corrected chi connectivity index (χ2v) is 7.42. The number of carbonyl (C=O) groups excluding carboxylic acids is 2. The molecule has 124 valence electrons. The normalized spacial score (nSPS) is 16.0. The van der Waals surface area contributed by atoms with E-state index in [9.17, 15) is 9.59 Å². The van der Waals surface area contributed by atoms with Crippen LogP contribution in [0.1, 0.15) is 30.3 Å². The summed E-state index contributed by atoms with van der Waals surface area (Å²) in [5.74, 6) is -0.224. The molecule has 3 heterocycles. The van der Waals surface area contributed by atoms with Gasteiger partial charge in [0.1, 0.15) is 5.69 Å². The average molecular weight is 355 g/mol. The molecule has 0 saturated carbocycles. The molecular formula is C16H19ClN2O3S. The van der Waals surface area contributed by atoms with Crippen molar-refractivity contribution in [3.63, 3.8) is 0 Å². The van der Waals surface area contributed by atoms with E-state index in [4.69, 9.17) is 16.3 Å². The number of fused-ring (bicyclic) bond motifs is 1. The Balaban J connectivity index is 1.70. The first-order valence-electron chi connectivity index (χ1n) is 7.72. The van der Waals surface area contributed by atoms with E-state index in [1.807, 2.05) is 35.6 Å². The lowest BCUT2D eigenvalue weighted by Gasteiger charge is -2.30. The number of thiophene rings is 1. The number of aryl methyl sites for hydroxylation is 1. The Morgan fingerprint density at radius 3 is 2.65 bits per heavy atom. The number of carbonyl (C=O) groups is 2. The number of hydrogen-bond acceptors (Lipinski definition) is 4. The summed E-state index contributed by atoms with van der Waals surface area (Å²) in [4.78, 5) is 26.3. The summed E-state index contributed by atoms with van der Waals surface area (Å²) in [7, 11) is 1.88. The van der Waals surface area contributed by atoms with E-state index < -0.39 is 0 Å². The van der Waals surface area contributed by atoms with Gasteiger partial charge in [-0.15, -0.1) is 11.3 Å². The molecule has 0 radical (unpaired) electrons. The number of hydrogen-bond donors (Lipinski definition) is 0. The molecule has 0 N–H and O–H groups in total. The molecule has 0 atom stereocenters. The van der Waals surface area contributed by atoms with Crippen LogP contribution in [0.5, 0.6) is 0 Å². The van der Waals surface area contributed by atoms with Crippen LogP contribution in [-0.4, -0.2) is 41.0 Å². The zero-order valence-electron chi connectivity index (χ0n) is 13.2. The summed E-state index contributed by atoms with van der Waals surface area (Å²) in [6.07, 6.45) is 1.32. The highest BCUT2D eigenvalue weighted by Crippen LogP contribution is 2.32. The minimum absolute atomic E-state index is 0.00864. The Morgan fingerprint density at radius 2 is 2.04 bits per heavy atom. The smallest absolute Gasteiger partial charge is 0.309 e. The first-order chi connectivity index (χ1) is 11.0. The standard InChI is InChI=1S/C16H19ClN2O3S/c1-3-22-16(21)10-4-6-19(7-5-10)15(20)12-8-13-11(18(12)2)9-14(17)23-13/h8-10H,3-7H2,1-2H3. The van der Waals surface area contributed by atoms with Gasteiger partial charge in [-0.05, 0) is 31.9 Å². The number of amides is 1. The van der Waals surface area contributed by atoms with Crippen LogP contribution in [0.4, 0.5) is 0 Å². The molecule has 1 amide bonds. The van der Waals surface area contributed by atoms with E-state index in [0.29, 0.717) is 38.2 Å². The van der Waals surface area contributed by atoms with Gasteiger partial charge in [0.2, 0.25) is 0 Å². The molecule has 1 saturated heterocycles. The molecule has 2 aromatic rings. The van der Waals surface area contributed by atoms with Crippen molar-refractivity contribution in [2.45, 2.75) is 19.8 Å². The Morgan fingerprint density at radius 1 is 1.35 bits per heavy atom. The molecule has 23 heavy (non-hydrogen) atoms. The average Bonchev–Trinajstić information content (AvgIpc) is 3.05. The summed E-state index contributed by atoms with van der Waals surface area (Å²) in [6.45, 7) is 3.38. The zero-order valence-corrected chi connectivity index (χ0v) is 14.7. The number of nitrogens with zero attached hydrogens (tertiary/aromatic N) is 2. The summed E-state index contributed by atoms with van der Waals surface area (Å²) in [6, 6.07) is 3.77. The highest BCUT2D eigenvalue weighted by molar-refractivity contribution is 7.22. The van der Waals surface area contributed by atoms with Gasteiger partial charge >= 0.3 is 5.97 Å². The summed E-state index contributed by atoms with van der Waals surface area (Å²) in [5, 5.41) is 0. The first-order valence-corrected chi connectivity index (χ1v) is 8.91. The fourth-order valence-corrected chi connectivity index (χ4v) is 4.23. The van der Waals surface area contributed by atoms with Crippen LogP contribution in [0.25, 0.3) is 10.2 Å². The second kappa shape index (κ2) is 6.53. The molecule has 0 aliphatic carbocycles. The SMILES string of the molecule is CCOC(=O)C1CCN(C(=O)c2cc3sc(Cl)cc3n2C)CC1. The van der Waals surface area contributed by atoms with E-state index >= 15 is 0 Å². The van der Waals surface area contributed by atoms with Crippen LogP contribution < -0.4 is 0 Å². The fourth-order valence-electron chi connectivity index (χ4n) is 3.03. The van der Waals surface area contributed by atoms with Gasteiger partial charge in [0.15, 0.2) is 0 Å². The lowest BCUT2D eigenvalue weighted by molar-refractivity contribution is -0.149. The number of rotatable bonds is 3. The number of esters is 1. The minimum Gasteiger partial charge on any atom is -0.466 e. The van der Waals surface area contributed by atoms with Crippen molar-refractivity contribution < 1.29 is 14.3 Å². The molecule has 0 unspecified atom stereocenters. The molecule has 1 aliphatic heterocycles. The fraction of sp³-hybridized carbons (Fsp3) is 0.500. The minimum atomic E-state index is -0.145. The van der Waals surface area contributed by atoms with E-state index in [1.54, 1.807) is 0 Å². The van der Waals surface area contributed by atoms with Crippen molar-refractivity contribution in [1.29, 1.82) is 0 Å². The van der Waals surface area contributed by atoms with Gasteiger partial charge in [0.25, 0.3) is 5.91 Å². The Bertz CT molecular complexity index is 744. The predicted octanol–water partition coefficient (Wildman–Crippen LogP) is 3.31. The largest absolute Gasteiger partial charge is 0.466 e. The predicted molar refractivity (Wildman–Crippen MR) is 91.1 cm³/mol. The van der Waals surface area contributed by atoms with Gasteiger partial charge in [-0.25, -0.2) is 0 Å². The van der Waals surface area contributed by atoms with Gasteiger partial charge < -0.3 is 14.2 Å². The quantitative estimate of drug-likeness (QED) is 0.794. The lowest BCUT2D eigenvalue weighted by atomic mass is 9.97. The number of aromatic nitrogens is 1. The maximum atomic E-state index is 12.7. The van der Waals surface area contributed by atoms with E-state index in [0.717, 1.165) is 14.6 Å². The topological polar surface area (TPSA) is 51.5 Å². The van der Waals surface area contributed by atoms with Gasteiger partial charge in [0.05, 0.1) is 27.1 Å². The van der Waals surface area contributed by atoms with Gasteiger partial charge in [-0.3, -0.25) is 9.59 Å². The van der Waals surface area contributed by atoms with Crippen molar-refractivity contribution in [2.75, 3.05) is 19.7 Å². The van der Waals surface area contributed by atoms with Crippen LogP contribution in [0.2, 0.25) is 4.34 Å². The van der Waals surface area contributed by atoms with Crippen molar-refractivity contribution in [2.24, 2.45) is 13.0 Å². The Hall–Kier alpha value is -1.53. The van der Waals surface area contributed by atoms with Crippen molar-refractivity contribution in [3.05, 3.63) is 22.2 Å². The summed E-state index contributed by atoms with van der Waals surface area (Å²) in [5.41, 5.74) is 1.64. The molecule has 5 nitrogen and oxygen atoms in total. The van der Waals surface area contributed by atoms with Gasteiger partial charge in [-0.1, -0.05) is 11.6 Å². The molecule has 2 aromatic heterocycles. The van der Waals surface area contributed by atoms with E-state index in [2.05, 4.69) is 0 Å². The third kappa shape index (κ3) is 3.10. The van der Waals surface area contributed by atoms with Gasteiger partial charge in [-0.2, -0.15) is 0 Å². The molecule has 0 bridgehead atoms. The Labute approximate surface area is 143 Å². The highest BCUT2D eigenvalue weighted by Gasteiger charge is 2.29. The molecule has 0 aromatic carbocycles. The summed E-state index contributed by atoms with van der Waals surface area (Å²) >= 11 is 7.49. The first kappa shape index (κ1) is 16.3. The number of halogens is 1. The van der Waals surface area contributed by atoms with Crippen LogP contribution in [0, 0.1) is 5.92 Å². The molecular weight excluding hydrogens is 336 g/mol. The monoisotopic (exact) mass is 354 g/mol. The number of ether oxygens (including phenoxy) is 1. The maximum Gasteiger partial charge on any atom is 0.309 e. The van der Waals surface area contributed by atoms with Crippen LogP contribution in [-0.2, 0) is 16.6 Å². The molecule has 7 heteroatoms. The van der Waals surface area contributed by atoms with Crippen molar-refractivity contribution in [3.8, 4) is 0 Å². The number of piperidine rings is 1. The lowest BCUT2D eigenvalue weighted by Crippen LogP contribution is -2.41. The van der Waals surface area contributed by atoms with E-state index in [1.165, 1.54) is 11.3 Å². The number of likely N-dealkylation sites (tertiary alicyclic amines) is 1. The third-order valence-electron chi connectivity index (χ3n) is 4.32. The second-order valence-electron chi connectivity index (χ2n) is 5.71. The van der Waals surface area contributed by atoms with Crippen LogP contribution in [0.15, 0.2) is 12.1 Å². The van der Waals surface area contributed by atoms with Gasteiger partial charge in [0, 0.05) is 20.1 Å². The molecule has 0 spiro atoms.